The first-order valence-electron chi connectivity index (χ1n) is 3.93. The van der Waals surface area contributed by atoms with Crippen molar-refractivity contribution in [1.29, 1.82) is 0 Å². The molecule has 0 spiro atoms. The summed E-state index contributed by atoms with van der Waals surface area (Å²) >= 11 is 0. The van der Waals surface area contributed by atoms with E-state index in [1.165, 1.54) is 0 Å². The van der Waals surface area contributed by atoms with Crippen LogP contribution in [-0.4, -0.2) is 57.4 Å². The van der Waals surface area contributed by atoms with Crippen LogP contribution in [-0.2, 0) is 30.1 Å². The van der Waals surface area contributed by atoms with Crippen LogP contribution in [0.15, 0.2) is 0 Å². The zero-order chi connectivity index (χ0) is 12.8. The Kier molecular flexibility index (Phi) is 3.14. The van der Waals surface area contributed by atoms with Crippen LogP contribution in [0.3, 0.4) is 0 Å². The Balaban J connectivity index is 2.99. The van der Waals surface area contributed by atoms with Crippen molar-refractivity contribution in [3.05, 3.63) is 0 Å². The molecular formula is C5H10O8S3. The molecule has 0 aromatic heterocycles. The first kappa shape index (κ1) is 13.8. The standard InChI is InChI=1S/C5H10O8S3/c6-14(7)1-5(2-14,3-15(8,9)10)4-16(11,12)13/h1-4H2,(H,8,9,10)(H,11,12,13). The molecule has 8 nitrogen and oxygen atoms in total. The van der Waals surface area contributed by atoms with Gasteiger partial charge in [-0.1, -0.05) is 0 Å². The molecule has 0 aliphatic carbocycles. The van der Waals surface area contributed by atoms with Crippen LogP contribution in [0, 0.1) is 5.41 Å². The summed E-state index contributed by atoms with van der Waals surface area (Å²) in [5, 5.41) is 0. The Labute approximate surface area is 93.1 Å². The van der Waals surface area contributed by atoms with Gasteiger partial charge < -0.3 is 0 Å². The van der Waals surface area contributed by atoms with Gasteiger partial charge in [0.1, 0.15) is 0 Å². The molecule has 1 aliphatic heterocycles. The van der Waals surface area contributed by atoms with E-state index in [0.717, 1.165) is 0 Å². The van der Waals surface area contributed by atoms with Crippen LogP contribution >= 0.6 is 0 Å². The topological polar surface area (TPSA) is 143 Å². The lowest BCUT2D eigenvalue weighted by atomic mass is 9.98. The number of hydrogen-bond acceptors (Lipinski definition) is 6. The minimum atomic E-state index is -4.51. The average molecular weight is 294 g/mol. The number of sulfone groups is 1. The Morgan fingerprint density at radius 1 is 0.938 bits per heavy atom. The Morgan fingerprint density at radius 3 is 1.44 bits per heavy atom. The zero-order valence-electron chi connectivity index (χ0n) is 7.90. The van der Waals surface area contributed by atoms with Crippen LogP contribution in [0.5, 0.6) is 0 Å². The van der Waals surface area contributed by atoms with Gasteiger partial charge in [0.25, 0.3) is 20.2 Å². The molecule has 11 heteroatoms. The van der Waals surface area contributed by atoms with E-state index < -0.39 is 58.5 Å². The minimum Gasteiger partial charge on any atom is -0.286 e. The van der Waals surface area contributed by atoms with Gasteiger partial charge in [-0.05, 0) is 0 Å². The first-order chi connectivity index (χ1) is 6.83. The van der Waals surface area contributed by atoms with Gasteiger partial charge in [0.2, 0.25) is 0 Å². The van der Waals surface area contributed by atoms with E-state index in [9.17, 15) is 25.3 Å². The van der Waals surface area contributed by atoms with E-state index in [4.69, 9.17) is 9.11 Å². The van der Waals surface area contributed by atoms with E-state index >= 15 is 0 Å². The Bertz CT molecular complexity index is 532. The molecule has 0 radical (unpaired) electrons. The third-order valence-corrected chi connectivity index (χ3v) is 6.09. The predicted molar refractivity (Wildman–Crippen MR) is 53.9 cm³/mol. The van der Waals surface area contributed by atoms with E-state index in [1.807, 2.05) is 0 Å². The van der Waals surface area contributed by atoms with Gasteiger partial charge in [-0.15, -0.1) is 0 Å². The van der Waals surface area contributed by atoms with Gasteiger partial charge in [0.05, 0.1) is 23.0 Å². The highest BCUT2D eigenvalue weighted by molar-refractivity contribution is 7.93. The van der Waals surface area contributed by atoms with Crippen LogP contribution in [0.2, 0.25) is 0 Å². The maximum atomic E-state index is 10.9. The van der Waals surface area contributed by atoms with Crippen LogP contribution in [0.1, 0.15) is 0 Å². The van der Waals surface area contributed by atoms with Crippen LogP contribution < -0.4 is 0 Å². The largest absolute Gasteiger partial charge is 0.286 e. The van der Waals surface area contributed by atoms with Crippen molar-refractivity contribution in [2.24, 2.45) is 5.41 Å². The summed E-state index contributed by atoms with van der Waals surface area (Å²) in [6.45, 7) is 0. The molecular weight excluding hydrogens is 284 g/mol. The van der Waals surface area contributed by atoms with Gasteiger partial charge in [-0.2, -0.15) is 16.8 Å². The molecule has 0 bridgehead atoms. The fraction of sp³-hybridized carbons (Fsp3) is 1.00. The number of hydrogen-bond donors (Lipinski definition) is 2. The fourth-order valence-electron chi connectivity index (χ4n) is 1.87. The van der Waals surface area contributed by atoms with E-state index in [0.29, 0.717) is 0 Å². The van der Waals surface area contributed by atoms with Crippen LogP contribution in [0.25, 0.3) is 0 Å². The van der Waals surface area contributed by atoms with Gasteiger partial charge in [-0.25, -0.2) is 8.42 Å². The van der Waals surface area contributed by atoms with Crippen molar-refractivity contribution in [2.45, 2.75) is 0 Å². The second kappa shape index (κ2) is 3.63. The summed E-state index contributed by atoms with van der Waals surface area (Å²) in [4.78, 5) is 0. The lowest BCUT2D eigenvalue weighted by Gasteiger charge is -2.38. The Morgan fingerprint density at radius 2 is 1.25 bits per heavy atom. The van der Waals surface area contributed by atoms with Crippen molar-refractivity contribution in [1.82, 2.24) is 0 Å². The summed E-state index contributed by atoms with van der Waals surface area (Å²) in [7, 11) is -12.5. The molecule has 0 atom stereocenters. The molecule has 16 heavy (non-hydrogen) atoms. The SMILES string of the molecule is O=S(=O)(O)CC1(CS(=O)(=O)O)CS(=O)(=O)C1. The molecule has 0 amide bonds. The van der Waals surface area contributed by atoms with Gasteiger partial charge in [0.15, 0.2) is 9.84 Å². The third-order valence-electron chi connectivity index (χ3n) is 2.03. The second-order valence-electron chi connectivity index (χ2n) is 3.98. The monoisotopic (exact) mass is 294 g/mol. The molecule has 2 N–H and O–H groups in total. The maximum absolute atomic E-state index is 10.9. The predicted octanol–water partition coefficient (Wildman–Crippen LogP) is -1.82. The highest BCUT2D eigenvalue weighted by Crippen LogP contribution is 2.35. The van der Waals surface area contributed by atoms with E-state index in [-0.39, 0.29) is 0 Å². The summed E-state index contributed by atoms with van der Waals surface area (Å²) in [5.74, 6) is -3.36. The van der Waals surface area contributed by atoms with Crippen molar-refractivity contribution in [3.8, 4) is 0 Å². The molecule has 1 aliphatic rings. The molecule has 1 rings (SSSR count). The molecule has 0 saturated carbocycles. The maximum Gasteiger partial charge on any atom is 0.265 e. The van der Waals surface area contributed by atoms with E-state index in [2.05, 4.69) is 0 Å². The lowest BCUT2D eigenvalue weighted by molar-refractivity contribution is 0.378. The fourth-order valence-corrected chi connectivity index (χ4v) is 6.87. The van der Waals surface area contributed by atoms with Crippen LogP contribution in [0.4, 0.5) is 0 Å². The molecule has 1 heterocycles. The second-order valence-corrected chi connectivity index (χ2v) is 8.95. The highest BCUT2D eigenvalue weighted by atomic mass is 32.2. The zero-order valence-corrected chi connectivity index (χ0v) is 10.3. The highest BCUT2D eigenvalue weighted by Gasteiger charge is 2.53. The minimum absolute atomic E-state index is 0.681. The first-order valence-corrected chi connectivity index (χ1v) is 8.97. The molecule has 0 unspecified atom stereocenters. The summed E-state index contributed by atoms with van der Waals surface area (Å²) in [6, 6.07) is 0. The van der Waals surface area contributed by atoms with Crippen molar-refractivity contribution in [3.63, 3.8) is 0 Å². The molecule has 96 valence electrons. The summed E-state index contributed by atoms with van der Waals surface area (Å²) < 4.78 is 81.5. The summed E-state index contributed by atoms with van der Waals surface area (Å²) in [5.41, 5.74) is -1.64. The molecule has 0 aromatic rings. The molecule has 1 saturated heterocycles. The Hall–Kier alpha value is -0.230. The van der Waals surface area contributed by atoms with Gasteiger partial charge >= 0.3 is 0 Å². The molecule has 1 fully saturated rings. The van der Waals surface area contributed by atoms with E-state index in [1.54, 1.807) is 0 Å². The normalized spacial score (nSPS) is 23.6. The molecule has 0 aromatic carbocycles. The number of rotatable bonds is 4. The van der Waals surface area contributed by atoms with Crippen molar-refractivity contribution in [2.75, 3.05) is 23.0 Å². The van der Waals surface area contributed by atoms with Crippen molar-refractivity contribution >= 4 is 30.1 Å². The third kappa shape index (κ3) is 3.97. The average Bonchev–Trinajstić information content (AvgIpc) is 1.69. The lowest BCUT2D eigenvalue weighted by Crippen LogP contribution is -2.56. The summed E-state index contributed by atoms with van der Waals surface area (Å²) in [6.07, 6.45) is 0. The quantitative estimate of drug-likeness (QED) is 0.577. The van der Waals surface area contributed by atoms with Crippen molar-refractivity contribution < 1.29 is 34.4 Å². The smallest absolute Gasteiger partial charge is 0.265 e. The van der Waals surface area contributed by atoms with Gasteiger partial charge in [-0.3, -0.25) is 9.11 Å². The van der Waals surface area contributed by atoms with Gasteiger partial charge in [0, 0.05) is 5.41 Å².